The zero-order chi connectivity index (χ0) is 12.8. The van der Waals surface area contributed by atoms with Crippen molar-refractivity contribution in [2.45, 2.75) is 52.5 Å². The van der Waals surface area contributed by atoms with E-state index in [0.717, 1.165) is 0 Å². The highest BCUT2D eigenvalue weighted by Crippen LogP contribution is 2.19. The van der Waals surface area contributed by atoms with Crippen molar-refractivity contribution < 1.29 is 8.42 Å². The van der Waals surface area contributed by atoms with Crippen molar-refractivity contribution in [1.82, 2.24) is 4.72 Å². The fourth-order valence-electron chi connectivity index (χ4n) is 1.38. The molecular formula is C11H24ClNO2S. The van der Waals surface area contributed by atoms with Crippen molar-refractivity contribution in [3.63, 3.8) is 0 Å². The quantitative estimate of drug-likeness (QED) is 0.689. The number of sulfonamides is 1. The van der Waals surface area contributed by atoms with Gasteiger partial charge in [0.15, 0.2) is 0 Å². The molecule has 1 N–H and O–H groups in total. The zero-order valence-electron chi connectivity index (χ0n) is 10.7. The summed E-state index contributed by atoms with van der Waals surface area (Å²) in [5.41, 5.74) is -0.475. The minimum absolute atomic E-state index is 0.184. The Labute approximate surface area is 105 Å². The molecular weight excluding hydrogens is 246 g/mol. The third-order valence-corrected chi connectivity index (χ3v) is 4.97. The van der Waals surface area contributed by atoms with E-state index in [1.54, 1.807) is 0 Å². The van der Waals surface area contributed by atoms with Crippen LogP contribution in [0.15, 0.2) is 0 Å². The molecule has 0 aliphatic heterocycles. The van der Waals surface area contributed by atoms with E-state index in [9.17, 15) is 8.42 Å². The number of alkyl halides is 1. The van der Waals surface area contributed by atoms with Gasteiger partial charge in [-0.15, -0.1) is 11.6 Å². The first-order chi connectivity index (χ1) is 7.31. The van der Waals surface area contributed by atoms with E-state index < -0.39 is 15.6 Å². The van der Waals surface area contributed by atoms with Gasteiger partial charge in [0.05, 0.1) is 5.75 Å². The molecule has 0 fully saturated rings. The van der Waals surface area contributed by atoms with Crippen LogP contribution in [0.25, 0.3) is 0 Å². The van der Waals surface area contributed by atoms with E-state index in [-0.39, 0.29) is 5.75 Å². The Morgan fingerprint density at radius 2 is 1.75 bits per heavy atom. The maximum atomic E-state index is 11.9. The predicted octanol–water partition coefficient (Wildman–Crippen LogP) is 2.75. The molecule has 5 heteroatoms. The summed E-state index contributed by atoms with van der Waals surface area (Å²) in [7, 11) is -3.21. The zero-order valence-corrected chi connectivity index (χ0v) is 12.3. The van der Waals surface area contributed by atoms with E-state index in [4.69, 9.17) is 11.6 Å². The topological polar surface area (TPSA) is 46.2 Å². The van der Waals surface area contributed by atoms with Crippen LogP contribution in [-0.2, 0) is 10.0 Å². The van der Waals surface area contributed by atoms with E-state index in [0.29, 0.717) is 31.1 Å². The van der Waals surface area contributed by atoms with Crippen LogP contribution in [0.5, 0.6) is 0 Å². The Hall–Kier alpha value is 0.200. The monoisotopic (exact) mass is 269 g/mol. The van der Waals surface area contributed by atoms with Crippen molar-refractivity contribution in [3.8, 4) is 0 Å². The second-order valence-corrected chi connectivity index (χ2v) is 6.83. The molecule has 98 valence electrons. The predicted molar refractivity (Wildman–Crippen MR) is 70.4 cm³/mol. The van der Waals surface area contributed by atoms with Gasteiger partial charge in [-0.3, -0.25) is 0 Å². The summed E-state index contributed by atoms with van der Waals surface area (Å²) in [6.45, 7) is 7.95. The van der Waals surface area contributed by atoms with E-state index in [1.165, 1.54) is 0 Å². The third kappa shape index (κ3) is 5.51. The molecule has 0 saturated carbocycles. The molecule has 0 aromatic heterocycles. The average molecular weight is 270 g/mol. The lowest BCUT2D eigenvalue weighted by molar-refractivity contribution is 0.393. The van der Waals surface area contributed by atoms with Crippen molar-refractivity contribution in [3.05, 3.63) is 0 Å². The van der Waals surface area contributed by atoms with Crippen molar-refractivity contribution in [2.75, 3.05) is 11.6 Å². The highest BCUT2D eigenvalue weighted by atomic mass is 35.5. The molecule has 0 aliphatic carbocycles. The highest BCUT2D eigenvalue weighted by molar-refractivity contribution is 7.89. The highest BCUT2D eigenvalue weighted by Gasteiger charge is 2.30. The van der Waals surface area contributed by atoms with Crippen LogP contribution in [0.1, 0.15) is 47.0 Å². The van der Waals surface area contributed by atoms with Crippen molar-refractivity contribution in [1.29, 1.82) is 0 Å². The molecule has 0 atom stereocenters. The average Bonchev–Trinajstić information content (AvgIpc) is 2.24. The van der Waals surface area contributed by atoms with Crippen LogP contribution < -0.4 is 4.72 Å². The molecule has 0 spiro atoms. The van der Waals surface area contributed by atoms with Gasteiger partial charge in [-0.05, 0) is 25.2 Å². The lowest BCUT2D eigenvalue weighted by Crippen LogP contribution is -2.49. The third-order valence-electron chi connectivity index (χ3n) is 2.95. The van der Waals surface area contributed by atoms with Crippen LogP contribution in [0.4, 0.5) is 0 Å². The van der Waals surface area contributed by atoms with Crippen LogP contribution in [-0.4, -0.2) is 25.6 Å². The molecule has 0 rings (SSSR count). The molecule has 0 bridgehead atoms. The molecule has 0 aliphatic rings. The molecule has 0 unspecified atom stereocenters. The van der Waals surface area contributed by atoms with Gasteiger partial charge in [0.1, 0.15) is 0 Å². The number of halogens is 1. The van der Waals surface area contributed by atoms with Crippen LogP contribution >= 0.6 is 11.6 Å². The summed E-state index contributed by atoms with van der Waals surface area (Å²) in [5, 5.41) is 0. The second kappa shape index (κ2) is 6.82. The van der Waals surface area contributed by atoms with Crippen molar-refractivity contribution >= 4 is 21.6 Å². The summed E-state index contributed by atoms with van der Waals surface area (Å²) in [4.78, 5) is 0. The Kier molecular flexibility index (Phi) is 6.90. The van der Waals surface area contributed by atoms with E-state index >= 15 is 0 Å². The number of hydrogen-bond acceptors (Lipinski definition) is 2. The summed E-state index contributed by atoms with van der Waals surface area (Å²) in [6.07, 6.45) is 2.11. The van der Waals surface area contributed by atoms with Gasteiger partial charge in [-0.2, -0.15) is 0 Å². The fourth-order valence-corrected chi connectivity index (χ4v) is 3.81. The Bertz CT molecular complexity index is 276. The summed E-state index contributed by atoms with van der Waals surface area (Å²) < 4.78 is 26.5. The summed E-state index contributed by atoms with van der Waals surface area (Å²) >= 11 is 5.87. The fraction of sp³-hybridized carbons (Fsp3) is 1.00. The molecule has 0 aromatic carbocycles. The van der Waals surface area contributed by atoms with E-state index in [1.807, 2.05) is 27.7 Å². The van der Waals surface area contributed by atoms with Crippen LogP contribution in [0.2, 0.25) is 0 Å². The molecule has 0 heterocycles. The van der Waals surface area contributed by atoms with Crippen LogP contribution in [0, 0.1) is 5.92 Å². The Morgan fingerprint density at radius 3 is 2.06 bits per heavy atom. The first-order valence-corrected chi connectivity index (χ1v) is 8.07. The van der Waals surface area contributed by atoms with Gasteiger partial charge < -0.3 is 0 Å². The Morgan fingerprint density at radius 1 is 1.25 bits per heavy atom. The molecule has 0 aromatic rings. The summed E-state index contributed by atoms with van der Waals surface area (Å²) in [5.74, 6) is 0.898. The smallest absolute Gasteiger partial charge is 0.212 e. The largest absolute Gasteiger partial charge is 0.212 e. The normalized spacial score (nSPS) is 13.4. The molecule has 3 nitrogen and oxygen atoms in total. The van der Waals surface area contributed by atoms with Crippen LogP contribution in [0.3, 0.4) is 0 Å². The number of hydrogen-bond donors (Lipinski definition) is 1. The lowest BCUT2D eigenvalue weighted by atomic mass is 9.97. The Balaban J connectivity index is 4.54. The van der Waals surface area contributed by atoms with Gasteiger partial charge in [0.25, 0.3) is 0 Å². The minimum Gasteiger partial charge on any atom is -0.212 e. The van der Waals surface area contributed by atoms with Crippen molar-refractivity contribution in [2.24, 2.45) is 5.92 Å². The first-order valence-electron chi connectivity index (χ1n) is 5.88. The number of rotatable bonds is 8. The maximum absolute atomic E-state index is 11.9. The van der Waals surface area contributed by atoms with Gasteiger partial charge in [0.2, 0.25) is 10.0 Å². The first kappa shape index (κ1) is 16.2. The second-order valence-electron chi connectivity index (χ2n) is 4.72. The molecule has 0 radical (unpaired) electrons. The maximum Gasteiger partial charge on any atom is 0.212 e. The molecule has 16 heavy (non-hydrogen) atoms. The standard InChI is InChI=1S/C11H24ClNO2S/c1-5-11(6-2,9-12)13-16(14,15)8-7-10(3)4/h10,13H,5-9H2,1-4H3. The molecule has 0 saturated heterocycles. The SMILES string of the molecule is CCC(CC)(CCl)NS(=O)(=O)CCC(C)C. The van der Waals surface area contributed by atoms with E-state index in [2.05, 4.69) is 4.72 Å². The van der Waals surface area contributed by atoms with Gasteiger partial charge in [-0.1, -0.05) is 27.7 Å². The van der Waals surface area contributed by atoms with Gasteiger partial charge >= 0.3 is 0 Å². The summed E-state index contributed by atoms with van der Waals surface area (Å²) in [6, 6.07) is 0. The number of nitrogens with one attached hydrogen (secondary N) is 1. The lowest BCUT2D eigenvalue weighted by Gasteiger charge is -2.30. The minimum atomic E-state index is -3.21. The molecule has 0 amide bonds. The van der Waals surface area contributed by atoms with Gasteiger partial charge in [0, 0.05) is 11.4 Å². The van der Waals surface area contributed by atoms with Gasteiger partial charge in [-0.25, -0.2) is 13.1 Å².